The zero-order chi connectivity index (χ0) is 17.6. The number of carbonyl (C=O) groups excluding carboxylic acids is 1. The van der Waals surface area contributed by atoms with Gasteiger partial charge in [0.25, 0.3) is 0 Å². The van der Waals surface area contributed by atoms with Gasteiger partial charge in [0.05, 0.1) is 12.7 Å². The van der Waals surface area contributed by atoms with Gasteiger partial charge >= 0.3 is 5.97 Å². The molecule has 0 aliphatic rings. The first-order valence-corrected chi connectivity index (χ1v) is 8.03. The second kappa shape index (κ2) is 7.51. The highest BCUT2D eigenvalue weighted by molar-refractivity contribution is 5.89. The fourth-order valence-corrected chi connectivity index (χ4v) is 2.44. The van der Waals surface area contributed by atoms with Crippen molar-refractivity contribution in [1.29, 1.82) is 0 Å². The molecule has 0 bridgehead atoms. The lowest BCUT2D eigenvalue weighted by Gasteiger charge is -2.04. The molecule has 3 aromatic carbocycles. The van der Waals surface area contributed by atoms with Crippen LogP contribution in [-0.2, 0) is 4.74 Å². The Balaban J connectivity index is 1.76. The summed E-state index contributed by atoms with van der Waals surface area (Å²) < 4.78 is 4.71. The summed E-state index contributed by atoms with van der Waals surface area (Å²) in [7, 11) is 1.38. The van der Waals surface area contributed by atoms with Crippen LogP contribution in [0.3, 0.4) is 0 Å². The van der Waals surface area contributed by atoms with Crippen LogP contribution in [0.15, 0.2) is 72.8 Å². The third kappa shape index (κ3) is 4.16. The number of methoxy groups -OCH3 is 1. The maximum absolute atomic E-state index is 11.5. The zero-order valence-electron chi connectivity index (χ0n) is 14.2. The molecule has 25 heavy (non-hydrogen) atoms. The topological polar surface area (TPSA) is 26.3 Å². The third-order valence-electron chi connectivity index (χ3n) is 3.93. The van der Waals surface area contributed by atoms with Crippen LogP contribution in [0.25, 0.3) is 11.1 Å². The lowest BCUT2D eigenvalue weighted by atomic mass is 10.0. The third-order valence-corrected chi connectivity index (χ3v) is 3.93. The molecule has 0 aliphatic heterocycles. The molecule has 0 aliphatic carbocycles. The first kappa shape index (κ1) is 16.5. The molecular weight excluding hydrogens is 308 g/mol. The number of hydrogen-bond donors (Lipinski definition) is 0. The minimum atomic E-state index is -0.326. The molecule has 3 aromatic rings. The summed E-state index contributed by atoms with van der Waals surface area (Å²) in [6.07, 6.45) is 0. The van der Waals surface area contributed by atoms with Crippen LogP contribution >= 0.6 is 0 Å². The fraction of sp³-hybridized carbons (Fsp3) is 0.0870. The average molecular weight is 326 g/mol. The van der Waals surface area contributed by atoms with Gasteiger partial charge in [0, 0.05) is 11.1 Å². The number of hydrogen-bond acceptors (Lipinski definition) is 2. The molecule has 3 rings (SSSR count). The maximum Gasteiger partial charge on any atom is 0.337 e. The van der Waals surface area contributed by atoms with Crippen molar-refractivity contribution >= 4 is 5.97 Å². The highest BCUT2D eigenvalue weighted by atomic mass is 16.5. The van der Waals surface area contributed by atoms with Gasteiger partial charge in [-0.15, -0.1) is 0 Å². The van der Waals surface area contributed by atoms with Gasteiger partial charge in [-0.25, -0.2) is 4.79 Å². The van der Waals surface area contributed by atoms with Crippen molar-refractivity contribution in [2.75, 3.05) is 7.11 Å². The summed E-state index contributed by atoms with van der Waals surface area (Å²) in [4.78, 5) is 11.5. The molecule has 0 radical (unpaired) electrons. The zero-order valence-corrected chi connectivity index (χ0v) is 14.2. The van der Waals surface area contributed by atoms with Gasteiger partial charge in [0.1, 0.15) is 0 Å². The molecule has 0 N–H and O–H groups in total. The fourth-order valence-electron chi connectivity index (χ4n) is 2.44. The number of aryl methyl sites for hydroxylation is 1. The van der Waals surface area contributed by atoms with E-state index in [4.69, 9.17) is 4.74 Å². The van der Waals surface area contributed by atoms with E-state index in [0.29, 0.717) is 5.56 Å². The Labute approximate surface area is 148 Å². The normalized spacial score (nSPS) is 9.84. The smallest absolute Gasteiger partial charge is 0.337 e. The van der Waals surface area contributed by atoms with E-state index in [-0.39, 0.29) is 5.97 Å². The van der Waals surface area contributed by atoms with Crippen molar-refractivity contribution in [2.45, 2.75) is 6.92 Å². The Hall–Kier alpha value is -3.31. The number of rotatable bonds is 2. The largest absolute Gasteiger partial charge is 0.465 e. The van der Waals surface area contributed by atoms with E-state index >= 15 is 0 Å². The average Bonchev–Trinajstić information content (AvgIpc) is 2.67. The van der Waals surface area contributed by atoms with Gasteiger partial charge in [-0.3, -0.25) is 0 Å². The standard InChI is InChI=1S/C23H18O2/c1-17-3-5-18(6-4-17)7-8-19-9-11-20(12-10-19)21-13-15-22(16-14-21)23(24)25-2/h3-6,9-16H,1-2H3. The molecule has 0 saturated carbocycles. The molecule has 0 amide bonds. The van der Waals surface area contributed by atoms with Crippen LogP contribution in [-0.4, -0.2) is 13.1 Å². The van der Waals surface area contributed by atoms with Gasteiger partial charge < -0.3 is 4.74 Å². The molecule has 0 aromatic heterocycles. The Bertz CT molecular complexity index is 923. The maximum atomic E-state index is 11.5. The summed E-state index contributed by atoms with van der Waals surface area (Å²) in [5, 5.41) is 0. The Morgan fingerprint density at radius 1 is 0.720 bits per heavy atom. The molecule has 0 heterocycles. The van der Waals surface area contributed by atoms with Gasteiger partial charge in [-0.1, -0.05) is 53.8 Å². The van der Waals surface area contributed by atoms with E-state index < -0.39 is 0 Å². The number of benzene rings is 3. The molecule has 0 fully saturated rings. The monoisotopic (exact) mass is 326 g/mol. The predicted octanol–water partition coefficient (Wildman–Crippen LogP) is 4.85. The first-order valence-electron chi connectivity index (χ1n) is 8.03. The molecular formula is C23H18O2. The molecule has 2 heteroatoms. The van der Waals surface area contributed by atoms with Crippen molar-refractivity contribution in [2.24, 2.45) is 0 Å². The van der Waals surface area contributed by atoms with Crippen LogP contribution in [0.1, 0.15) is 27.0 Å². The van der Waals surface area contributed by atoms with Crippen molar-refractivity contribution < 1.29 is 9.53 Å². The molecule has 2 nitrogen and oxygen atoms in total. The van der Waals surface area contributed by atoms with Gasteiger partial charge in [0.15, 0.2) is 0 Å². The van der Waals surface area contributed by atoms with Gasteiger partial charge in [-0.2, -0.15) is 0 Å². The van der Waals surface area contributed by atoms with Crippen LogP contribution < -0.4 is 0 Å². The molecule has 0 atom stereocenters. The summed E-state index contributed by atoms with van der Waals surface area (Å²) in [5.41, 5.74) is 5.88. The lowest BCUT2D eigenvalue weighted by Crippen LogP contribution is -2.00. The highest BCUT2D eigenvalue weighted by Gasteiger charge is 2.05. The molecule has 0 saturated heterocycles. The summed E-state index contributed by atoms with van der Waals surface area (Å²) in [6.45, 7) is 2.06. The lowest BCUT2D eigenvalue weighted by molar-refractivity contribution is 0.0601. The van der Waals surface area contributed by atoms with Crippen molar-refractivity contribution in [3.05, 3.63) is 95.1 Å². The Kier molecular flexibility index (Phi) is 4.97. The minimum Gasteiger partial charge on any atom is -0.465 e. The highest BCUT2D eigenvalue weighted by Crippen LogP contribution is 2.20. The quantitative estimate of drug-likeness (QED) is 0.497. The second-order valence-corrected chi connectivity index (χ2v) is 5.76. The molecule has 122 valence electrons. The predicted molar refractivity (Wildman–Crippen MR) is 100 cm³/mol. The molecule has 0 unspecified atom stereocenters. The van der Waals surface area contributed by atoms with E-state index in [1.54, 1.807) is 12.1 Å². The van der Waals surface area contributed by atoms with Crippen LogP contribution in [0.2, 0.25) is 0 Å². The van der Waals surface area contributed by atoms with Crippen LogP contribution in [0.5, 0.6) is 0 Å². The van der Waals surface area contributed by atoms with E-state index in [9.17, 15) is 4.79 Å². The Morgan fingerprint density at radius 2 is 1.16 bits per heavy atom. The number of ether oxygens (including phenoxy) is 1. The number of esters is 1. The van der Waals surface area contributed by atoms with E-state index in [1.807, 2.05) is 48.5 Å². The van der Waals surface area contributed by atoms with Crippen LogP contribution in [0.4, 0.5) is 0 Å². The minimum absolute atomic E-state index is 0.326. The van der Waals surface area contributed by atoms with Gasteiger partial charge in [-0.05, 0) is 54.4 Å². The SMILES string of the molecule is COC(=O)c1ccc(-c2ccc(C#Cc3ccc(C)cc3)cc2)cc1. The first-order chi connectivity index (χ1) is 12.2. The summed E-state index contributed by atoms with van der Waals surface area (Å²) in [5.74, 6) is 6.03. The molecule has 0 spiro atoms. The summed E-state index contributed by atoms with van der Waals surface area (Å²) in [6, 6.07) is 23.6. The van der Waals surface area contributed by atoms with Crippen LogP contribution in [0, 0.1) is 18.8 Å². The second-order valence-electron chi connectivity index (χ2n) is 5.76. The van der Waals surface area contributed by atoms with E-state index in [2.05, 4.69) is 30.9 Å². The Morgan fingerprint density at radius 3 is 1.64 bits per heavy atom. The van der Waals surface area contributed by atoms with Crippen molar-refractivity contribution in [3.8, 4) is 23.0 Å². The summed E-state index contributed by atoms with van der Waals surface area (Å²) >= 11 is 0. The van der Waals surface area contributed by atoms with E-state index in [1.165, 1.54) is 12.7 Å². The number of carbonyl (C=O) groups is 1. The van der Waals surface area contributed by atoms with Gasteiger partial charge in [0.2, 0.25) is 0 Å². The van der Waals surface area contributed by atoms with E-state index in [0.717, 1.165) is 22.3 Å². The van der Waals surface area contributed by atoms with Crippen molar-refractivity contribution in [3.63, 3.8) is 0 Å². The van der Waals surface area contributed by atoms with Crippen molar-refractivity contribution in [1.82, 2.24) is 0 Å².